The number of carbonyl (C=O) groups excluding carboxylic acids is 1. The van der Waals surface area contributed by atoms with Gasteiger partial charge in [-0.1, -0.05) is 64.0 Å². The van der Waals surface area contributed by atoms with Gasteiger partial charge in [-0.2, -0.15) is 0 Å². The molecule has 0 spiro atoms. The van der Waals surface area contributed by atoms with E-state index in [9.17, 15) is 4.79 Å². The Balaban J connectivity index is 2.09. The van der Waals surface area contributed by atoms with Crippen molar-refractivity contribution in [3.8, 4) is 0 Å². The molecule has 0 amide bonds. The van der Waals surface area contributed by atoms with Gasteiger partial charge in [-0.25, -0.2) is 0 Å². The molecular weight excluding hydrogens is 260 g/mol. The first kappa shape index (κ1) is 18.3. The molecule has 2 nitrogen and oxygen atoms in total. The van der Waals surface area contributed by atoms with Crippen LogP contribution in [0.15, 0.2) is 11.6 Å². The molecule has 0 saturated carbocycles. The molecule has 1 unspecified atom stereocenters. The van der Waals surface area contributed by atoms with Gasteiger partial charge in [0, 0.05) is 6.42 Å². The van der Waals surface area contributed by atoms with Crippen molar-refractivity contribution in [3.05, 3.63) is 11.6 Å². The lowest BCUT2D eigenvalue weighted by atomic mass is 9.85. The van der Waals surface area contributed by atoms with E-state index >= 15 is 0 Å². The number of esters is 1. The van der Waals surface area contributed by atoms with Crippen LogP contribution in [0.1, 0.15) is 90.9 Å². The monoisotopic (exact) mass is 294 g/mol. The van der Waals surface area contributed by atoms with E-state index in [1.54, 1.807) is 0 Å². The van der Waals surface area contributed by atoms with Gasteiger partial charge >= 0.3 is 5.97 Å². The third kappa shape index (κ3) is 8.95. The second-order valence-electron chi connectivity index (χ2n) is 6.43. The summed E-state index contributed by atoms with van der Waals surface area (Å²) in [4.78, 5) is 11.6. The molecule has 2 heteroatoms. The molecule has 1 aliphatic rings. The van der Waals surface area contributed by atoms with Crippen LogP contribution < -0.4 is 0 Å². The Bertz CT molecular complexity index is 307. The van der Waals surface area contributed by atoms with E-state index in [-0.39, 0.29) is 5.97 Å². The van der Waals surface area contributed by atoms with Crippen molar-refractivity contribution in [2.45, 2.75) is 90.9 Å². The maximum Gasteiger partial charge on any atom is 0.306 e. The summed E-state index contributed by atoms with van der Waals surface area (Å²) in [5.74, 6) is 0.869. The zero-order chi connectivity index (χ0) is 15.3. The lowest BCUT2D eigenvalue weighted by Gasteiger charge is -2.21. The zero-order valence-electron chi connectivity index (χ0n) is 14.2. The summed E-state index contributed by atoms with van der Waals surface area (Å²) < 4.78 is 5.20. The van der Waals surface area contributed by atoms with Crippen LogP contribution in [0.5, 0.6) is 0 Å². The number of hydrogen-bond acceptors (Lipinski definition) is 2. The molecule has 0 fully saturated rings. The minimum atomic E-state index is -0.0222. The fourth-order valence-electron chi connectivity index (χ4n) is 2.96. The molecule has 0 aliphatic heterocycles. The number of allylic oxidation sites excluding steroid dienone is 2. The molecule has 1 rings (SSSR count). The Morgan fingerprint density at radius 1 is 1.19 bits per heavy atom. The molecule has 0 aromatic rings. The molecule has 1 aliphatic carbocycles. The Labute approximate surface area is 131 Å². The van der Waals surface area contributed by atoms with Crippen molar-refractivity contribution in [1.82, 2.24) is 0 Å². The van der Waals surface area contributed by atoms with Gasteiger partial charge in [0.1, 0.15) is 0 Å². The first-order chi connectivity index (χ1) is 10.3. The predicted octanol–water partition coefficient (Wildman–Crippen LogP) is 5.81. The molecule has 0 N–H and O–H groups in total. The van der Waals surface area contributed by atoms with Crippen LogP contribution in [0.4, 0.5) is 0 Å². The van der Waals surface area contributed by atoms with Gasteiger partial charge < -0.3 is 4.74 Å². The van der Waals surface area contributed by atoms with Crippen LogP contribution in [0, 0.1) is 5.92 Å². The van der Waals surface area contributed by atoms with Gasteiger partial charge in [0.2, 0.25) is 0 Å². The van der Waals surface area contributed by atoms with Gasteiger partial charge in [0.25, 0.3) is 0 Å². The molecule has 0 heterocycles. The van der Waals surface area contributed by atoms with Crippen LogP contribution in [-0.2, 0) is 9.53 Å². The topological polar surface area (TPSA) is 26.3 Å². The molecule has 0 saturated heterocycles. The van der Waals surface area contributed by atoms with Gasteiger partial charge in [-0.05, 0) is 38.0 Å². The van der Waals surface area contributed by atoms with Crippen LogP contribution in [0.2, 0.25) is 0 Å². The highest BCUT2D eigenvalue weighted by atomic mass is 16.5. The largest absolute Gasteiger partial charge is 0.466 e. The van der Waals surface area contributed by atoms with Crippen molar-refractivity contribution in [2.75, 3.05) is 6.61 Å². The first-order valence-corrected chi connectivity index (χ1v) is 9.09. The van der Waals surface area contributed by atoms with E-state index in [1.807, 2.05) is 0 Å². The van der Waals surface area contributed by atoms with Gasteiger partial charge in [-0.15, -0.1) is 0 Å². The van der Waals surface area contributed by atoms with E-state index in [0.717, 1.165) is 25.2 Å². The normalized spacial score (nSPS) is 18.4. The van der Waals surface area contributed by atoms with Gasteiger partial charge in [0.15, 0.2) is 0 Å². The van der Waals surface area contributed by atoms with Crippen molar-refractivity contribution < 1.29 is 9.53 Å². The van der Waals surface area contributed by atoms with Crippen molar-refractivity contribution >= 4 is 5.97 Å². The molecule has 21 heavy (non-hydrogen) atoms. The number of rotatable bonds is 11. The van der Waals surface area contributed by atoms with E-state index in [1.165, 1.54) is 56.9 Å². The third-order valence-electron chi connectivity index (χ3n) is 4.49. The fourth-order valence-corrected chi connectivity index (χ4v) is 2.96. The molecule has 0 radical (unpaired) electrons. The molecule has 0 aromatic heterocycles. The van der Waals surface area contributed by atoms with Crippen molar-refractivity contribution in [1.29, 1.82) is 0 Å². The Morgan fingerprint density at radius 3 is 2.67 bits per heavy atom. The number of hydrogen-bond donors (Lipinski definition) is 0. The summed E-state index contributed by atoms with van der Waals surface area (Å²) in [5.41, 5.74) is 1.48. The highest BCUT2D eigenvalue weighted by Gasteiger charge is 2.15. The maximum absolute atomic E-state index is 11.6. The number of unbranched alkanes of at least 4 members (excludes halogenated alkanes) is 4. The van der Waals surface area contributed by atoms with Gasteiger partial charge in [-0.3, -0.25) is 4.79 Å². The molecule has 0 aromatic carbocycles. The highest BCUT2D eigenvalue weighted by Crippen LogP contribution is 2.29. The number of ether oxygens (including phenoxy) is 1. The second-order valence-corrected chi connectivity index (χ2v) is 6.43. The standard InChI is InChI=1S/C19H34O2/c1-3-5-7-8-9-17-10-12-18(13-11-17)14-15-19(20)21-16-6-4-2/h12,17H,3-11,13-16H2,1-2H3. The average molecular weight is 294 g/mol. The van der Waals surface area contributed by atoms with Crippen LogP contribution in [-0.4, -0.2) is 12.6 Å². The summed E-state index contributed by atoms with van der Waals surface area (Å²) in [7, 11) is 0. The summed E-state index contributed by atoms with van der Waals surface area (Å²) in [6, 6.07) is 0. The highest BCUT2D eigenvalue weighted by molar-refractivity contribution is 5.69. The summed E-state index contributed by atoms with van der Waals surface area (Å²) >= 11 is 0. The second kappa shape index (κ2) is 11.8. The minimum Gasteiger partial charge on any atom is -0.466 e. The maximum atomic E-state index is 11.6. The van der Waals surface area contributed by atoms with E-state index in [2.05, 4.69) is 19.9 Å². The summed E-state index contributed by atoms with van der Waals surface area (Å²) in [5, 5.41) is 0. The summed E-state index contributed by atoms with van der Waals surface area (Å²) in [6.07, 6.45) is 16.6. The Hall–Kier alpha value is -0.790. The number of carbonyl (C=O) groups is 1. The quantitative estimate of drug-likeness (QED) is 0.273. The minimum absolute atomic E-state index is 0.0222. The van der Waals surface area contributed by atoms with Crippen molar-refractivity contribution in [3.63, 3.8) is 0 Å². The van der Waals surface area contributed by atoms with Crippen LogP contribution in [0.25, 0.3) is 0 Å². The molecular formula is C19H34O2. The predicted molar refractivity (Wildman–Crippen MR) is 89.3 cm³/mol. The van der Waals surface area contributed by atoms with E-state index in [4.69, 9.17) is 4.74 Å². The third-order valence-corrected chi connectivity index (χ3v) is 4.49. The SMILES string of the molecule is CCCCCCC1CC=C(CCC(=O)OCCCC)CC1. The smallest absolute Gasteiger partial charge is 0.306 e. The van der Waals surface area contributed by atoms with Gasteiger partial charge in [0.05, 0.1) is 6.61 Å². The molecule has 1 atom stereocenters. The first-order valence-electron chi connectivity index (χ1n) is 9.09. The fraction of sp³-hybridized carbons (Fsp3) is 0.842. The Morgan fingerprint density at radius 2 is 2.00 bits per heavy atom. The van der Waals surface area contributed by atoms with Crippen LogP contribution in [0.3, 0.4) is 0 Å². The lowest BCUT2D eigenvalue weighted by molar-refractivity contribution is -0.143. The lowest BCUT2D eigenvalue weighted by Crippen LogP contribution is -2.09. The average Bonchev–Trinajstić information content (AvgIpc) is 2.51. The van der Waals surface area contributed by atoms with E-state index < -0.39 is 0 Å². The van der Waals surface area contributed by atoms with Crippen molar-refractivity contribution in [2.24, 2.45) is 5.92 Å². The summed E-state index contributed by atoms with van der Waals surface area (Å²) in [6.45, 7) is 4.97. The van der Waals surface area contributed by atoms with Crippen LogP contribution >= 0.6 is 0 Å². The molecule has 0 bridgehead atoms. The van der Waals surface area contributed by atoms with E-state index in [0.29, 0.717) is 13.0 Å². The molecule has 122 valence electrons. The zero-order valence-corrected chi connectivity index (χ0v) is 14.2. The Kier molecular flexibility index (Phi) is 10.3.